The van der Waals surface area contributed by atoms with E-state index >= 15 is 0 Å². The summed E-state index contributed by atoms with van der Waals surface area (Å²) in [5, 5.41) is 2.07. The zero-order valence-corrected chi connectivity index (χ0v) is 34.6. The quantitative estimate of drug-likeness (QED) is 0.0960. The minimum atomic E-state index is -1.86. The number of rotatable bonds is 11. The number of pyridine rings is 2. The van der Waals surface area contributed by atoms with E-state index in [2.05, 4.69) is 67.0 Å². The zero-order valence-electron chi connectivity index (χ0n) is 38.4. The maximum Gasteiger partial charge on any atom is 0.267 e. The Hall–Kier alpha value is -4.54. The molecular formula is C47H51N5OPt-2. The van der Waals surface area contributed by atoms with E-state index in [0.29, 0.717) is 34.0 Å². The minimum Gasteiger partial charge on any atom is -0.508 e. The number of hydrogen-bond donors (Lipinski definition) is 0. The number of aromatic nitrogens is 5. The molecule has 0 aliphatic heterocycles. The van der Waals surface area contributed by atoms with Crippen LogP contribution in [0.15, 0.2) is 91.5 Å². The average Bonchev–Trinajstić information content (AvgIpc) is 3.78. The van der Waals surface area contributed by atoms with E-state index in [-0.39, 0.29) is 32.2 Å². The van der Waals surface area contributed by atoms with Crippen LogP contribution < -0.4 is 9.30 Å². The molecule has 0 spiro atoms. The van der Waals surface area contributed by atoms with Crippen LogP contribution >= 0.6 is 0 Å². The van der Waals surface area contributed by atoms with E-state index in [1.807, 2.05) is 36.5 Å². The molecule has 7 rings (SSSR count). The van der Waals surface area contributed by atoms with Crippen molar-refractivity contribution in [1.29, 1.82) is 0 Å². The second-order valence-electron chi connectivity index (χ2n) is 15.5. The van der Waals surface area contributed by atoms with Crippen molar-refractivity contribution in [1.82, 2.24) is 19.1 Å². The molecule has 0 fully saturated rings. The van der Waals surface area contributed by atoms with Crippen molar-refractivity contribution in [2.45, 2.75) is 86.8 Å². The van der Waals surface area contributed by atoms with Gasteiger partial charge in [-0.05, 0) is 95.5 Å². The SMILES string of the molecule is [2H]C([2H])(c1cc(-[n+]2[c-]n(-c3[c-]c(Oc4[c-]c5c(cc4)c4ccccc4n5-c4cc(C(C)(C)C)ccn4)cnc3)cc2C([2H])([2H])C(C)C)cc(C([2H])([2H])C(C)C)c1)C(C)C.[Pt]. The Balaban J connectivity index is 0.00000604. The first-order chi connectivity index (χ1) is 27.6. The summed E-state index contributed by atoms with van der Waals surface area (Å²) < 4.78 is 65.9. The number of imidazole rings is 1. The number of nitrogens with zero attached hydrogens (tertiary/aromatic N) is 5. The fourth-order valence-corrected chi connectivity index (χ4v) is 6.50. The topological polar surface area (TPSA) is 48.8 Å². The van der Waals surface area contributed by atoms with Crippen LogP contribution in [0.1, 0.15) is 92.9 Å². The van der Waals surface area contributed by atoms with Crippen molar-refractivity contribution in [2.75, 3.05) is 0 Å². The second kappa shape index (κ2) is 16.1. The number of fused-ring (bicyclic) bond motifs is 3. The van der Waals surface area contributed by atoms with Gasteiger partial charge in [0.05, 0.1) is 11.4 Å². The molecule has 0 aliphatic carbocycles. The third-order valence-electron chi connectivity index (χ3n) is 8.74. The third-order valence-corrected chi connectivity index (χ3v) is 8.74. The van der Waals surface area contributed by atoms with E-state index in [0.717, 1.165) is 33.2 Å². The summed E-state index contributed by atoms with van der Waals surface area (Å²) in [4.78, 5) is 9.24. The number of ether oxygens (including phenoxy) is 1. The molecule has 0 radical (unpaired) electrons. The normalized spacial score (nSPS) is 14.4. The summed E-state index contributed by atoms with van der Waals surface area (Å²) >= 11 is 0. The molecule has 7 aromatic rings. The van der Waals surface area contributed by atoms with Crippen molar-refractivity contribution < 1.29 is 38.6 Å². The number of benzene rings is 3. The van der Waals surface area contributed by atoms with Gasteiger partial charge >= 0.3 is 0 Å². The Labute approximate surface area is 344 Å². The van der Waals surface area contributed by atoms with Crippen LogP contribution in [-0.4, -0.2) is 19.1 Å². The van der Waals surface area contributed by atoms with Gasteiger partial charge in [0.25, 0.3) is 6.33 Å². The van der Waals surface area contributed by atoms with E-state index in [1.165, 1.54) is 0 Å². The fraction of sp³-hybridized carbons (Fsp3) is 0.340. The minimum absolute atomic E-state index is 0. The van der Waals surface area contributed by atoms with Gasteiger partial charge in [-0.2, -0.15) is 6.07 Å². The van der Waals surface area contributed by atoms with Gasteiger partial charge in [0.2, 0.25) is 0 Å². The molecule has 0 unspecified atom stereocenters. The van der Waals surface area contributed by atoms with Crippen LogP contribution in [0.5, 0.6) is 11.5 Å². The smallest absolute Gasteiger partial charge is 0.267 e. The first-order valence-corrected chi connectivity index (χ1v) is 18.3. The Bertz CT molecular complexity index is 2640. The Morgan fingerprint density at radius 2 is 1.50 bits per heavy atom. The monoisotopic (exact) mass is 902 g/mol. The predicted octanol–water partition coefficient (Wildman–Crippen LogP) is 10.7. The Kier molecular flexibility index (Phi) is 9.44. The molecule has 0 N–H and O–H groups in total. The second-order valence-corrected chi connectivity index (χ2v) is 15.5. The molecule has 54 heavy (non-hydrogen) atoms. The zero-order chi connectivity index (χ0) is 42.8. The Morgan fingerprint density at radius 1 is 0.796 bits per heavy atom. The fourth-order valence-electron chi connectivity index (χ4n) is 6.50. The molecule has 4 heterocycles. The summed E-state index contributed by atoms with van der Waals surface area (Å²) in [7, 11) is 0. The van der Waals surface area contributed by atoms with Gasteiger partial charge in [-0.25, -0.2) is 4.98 Å². The Morgan fingerprint density at radius 3 is 2.19 bits per heavy atom. The van der Waals surface area contributed by atoms with Gasteiger partial charge in [-0.3, -0.25) is 4.57 Å². The van der Waals surface area contributed by atoms with Gasteiger partial charge in [-0.15, -0.1) is 23.6 Å². The third kappa shape index (κ3) is 8.55. The summed E-state index contributed by atoms with van der Waals surface area (Å²) in [5.74, 6) is 0.256. The first kappa shape index (κ1) is 31.8. The molecule has 0 saturated heterocycles. The average molecular weight is 903 g/mol. The number of para-hydroxylation sites is 1. The molecule has 3 aromatic carbocycles. The maximum atomic E-state index is 9.20. The summed E-state index contributed by atoms with van der Waals surface area (Å²) in [6.45, 7) is 17.3. The molecular weight excluding hydrogens is 846 g/mol. The largest absolute Gasteiger partial charge is 0.508 e. The molecule has 4 aromatic heterocycles. The van der Waals surface area contributed by atoms with E-state index in [9.17, 15) is 2.74 Å². The van der Waals surface area contributed by atoms with Gasteiger partial charge in [0.15, 0.2) is 0 Å². The molecule has 0 saturated carbocycles. The summed E-state index contributed by atoms with van der Waals surface area (Å²) in [6.07, 6.45) is 4.43. The summed E-state index contributed by atoms with van der Waals surface area (Å²) in [5.41, 5.74) is 4.57. The predicted molar refractivity (Wildman–Crippen MR) is 215 cm³/mol. The van der Waals surface area contributed by atoms with Crippen molar-refractivity contribution in [3.05, 3.63) is 132 Å². The van der Waals surface area contributed by atoms with E-state index in [4.69, 9.17) is 15.2 Å². The van der Waals surface area contributed by atoms with E-state index < -0.39 is 36.9 Å². The molecule has 0 bridgehead atoms. The molecule has 0 atom stereocenters. The van der Waals surface area contributed by atoms with Gasteiger partial charge in [0, 0.05) is 58.7 Å². The standard InChI is InChI=1S/C47H51N5O.Pt/c1-31(2)18-34-21-35(19-32(3)4)23-37(22-34)51-30-50(29-39(51)20-33(5)6)38-25-41(28-48-27-38)53-40-14-15-43-42-12-10-11-13-44(42)52(45(43)26-40)46-24-36(16-17-49-46)47(7,8)9;/h10-17,21-24,27-29,31-33H,18-20H2,1-9H3;/q-2;/i18D2,19D2,20D2;. The molecule has 0 amide bonds. The molecule has 282 valence electrons. The molecule has 7 heteroatoms. The van der Waals surface area contributed by atoms with Crippen molar-refractivity contribution in [2.24, 2.45) is 17.8 Å². The van der Waals surface area contributed by atoms with Crippen molar-refractivity contribution in [3.63, 3.8) is 0 Å². The van der Waals surface area contributed by atoms with Crippen LogP contribution in [0.3, 0.4) is 0 Å². The van der Waals surface area contributed by atoms with Crippen molar-refractivity contribution in [3.8, 4) is 28.7 Å². The molecule has 6 nitrogen and oxygen atoms in total. The van der Waals surface area contributed by atoms with Crippen molar-refractivity contribution >= 4 is 21.8 Å². The van der Waals surface area contributed by atoms with E-state index in [1.54, 1.807) is 87.5 Å². The maximum absolute atomic E-state index is 9.20. The van der Waals surface area contributed by atoms with Crippen LogP contribution in [0.2, 0.25) is 0 Å². The summed E-state index contributed by atoms with van der Waals surface area (Å²) in [6, 6.07) is 27.9. The van der Waals surface area contributed by atoms with Crippen LogP contribution in [0.4, 0.5) is 0 Å². The van der Waals surface area contributed by atoms with Crippen LogP contribution in [0.25, 0.3) is 39.0 Å². The van der Waals surface area contributed by atoms with Crippen LogP contribution in [0, 0.1) is 36.2 Å². The first-order valence-electron chi connectivity index (χ1n) is 21.3. The number of hydrogen-bond acceptors (Lipinski definition) is 3. The van der Waals surface area contributed by atoms with Gasteiger partial charge in [0.1, 0.15) is 5.82 Å². The van der Waals surface area contributed by atoms with Gasteiger partial charge < -0.3 is 18.9 Å². The molecule has 0 aliphatic rings. The van der Waals surface area contributed by atoms with Gasteiger partial charge in [-0.1, -0.05) is 109 Å². The van der Waals surface area contributed by atoms with Crippen LogP contribution in [-0.2, 0) is 45.6 Å².